The minimum Gasteiger partial charge on any atom is -0.312 e. The van der Waals surface area contributed by atoms with Crippen molar-refractivity contribution in [2.45, 2.75) is 44.7 Å². The largest absolute Gasteiger partial charge is 0.312 e. The van der Waals surface area contributed by atoms with Crippen LogP contribution in [0.15, 0.2) is 42.7 Å². The van der Waals surface area contributed by atoms with Gasteiger partial charge in [-0.15, -0.1) is 0 Å². The molecule has 1 aromatic carbocycles. The van der Waals surface area contributed by atoms with Gasteiger partial charge in [0.25, 0.3) is 0 Å². The van der Waals surface area contributed by atoms with E-state index in [1.165, 1.54) is 50.8 Å². The average molecular weight is 324 g/mol. The maximum absolute atomic E-state index is 4.32. The van der Waals surface area contributed by atoms with Crippen molar-refractivity contribution in [2.75, 3.05) is 19.6 Å². The summed E-state index contributed by atoms with van der Waals surface area (Å²) in [6.45, 7) is 4.74. The predicted octanol–water partition coefficient (Wildman–Crippen LogP) is 3.23. The van der Waals surface area contributed by atoms with E-state index in [1.54, 1.807) is 0 Å². The third-order valence-corrected chi connectivity index (χ3v) is 5.64. The van der Waals surface area contributed by atoms with Crippen molar-refractivity contribution in [1.29, 1.82) is 0 Å². The van der Waals surface area contributed by atoms with Crippen molar-refractivity contribution in [2.24, 2.45) is 5.92 Å². The van der Waals surface area contributed by atoms with Crippen molar-refractivity contribution in [3.05, 3.63) is 48.3 Å². The molecule has 4 nitrogen and oxygen atoms in total. The van der Waals surface area contributed by atoms with E-state index in [2.05, 4.69) is 39.6 Å². The molecule has 24 heavy (non-hydrogen) atoms. The summed E-state index contributed by atoms with van der Waals surface area (Å²) in [6, 6.07) is 11.5. The van der Waals surface area contributed by atoms with Crippen LogP contribution >= 0.6 is 0 Å². The first kappa shape index (κ1) is 15.9. The summed E-state index contributed by atoms with van der Waals surface area (Å²) in [5, 5.41) is 8.04. The maximum Gasteiger partial charge on any atom is 0.0648 e. The Bertz CT molecular complexity index is 635. The molecule has 2 aliphatic heterocycles. The van der Waals surface area contributed by atoms with Crippen LogP contribution in [-0.4, -0.2) is 40.4 Å². The smallest absolute Gasteiger partial charge is 0.0648 e. The van der Waals surface area contributed by atoms with E-state index >= 15 is 0 Å². The molecule has 2 atom stereocenters. The van der Waals surface area contributed by atoms with Crippen molar-refractivity contribution in [3.63, 3.8) is 0 Å². The highest BCUT2D eigenvalue weighted by Gasteiger charge is 2.32. The number of aromatic nitrogens is 2. The lowest BCUT2D eigenvalue weighted by atomic mass is 9.83. The summed E-state index contributed by atoms with van der Waals surface area (Å²) in [5.41, 5.74) is 2.47. The van der Waals surface area contributed by atoms with Crippen LogP contribution < -0.4 is 5.32 Å². The van der Waals surface area contributed by atoms with Crippen LogP contribution in [0.4, 0.5) is 0 Å². The number of fused-ring (bicyclic) bond motifs is 1. The SMILES string of the molecule is c1cc(CNC[C@@H]2CCCN3CCCC[C@H]23)cc(-n2cccn2)c1. The summed E-state index contributed by atoms with van der Waals surface area (Å²) in [6.07, 6.45) is 10.8. The van der Waals surface area contributed by atoms with E-state index in [4.69, 9.17) is 0 Å². The fraction of sp³-hybridized carbons (Fsp3) is 0.550. The van der Waals surface area contributed by atoms with Crippen molar-refractivity contribution < 1.29 is 0 Å². The number of piperidine rings is 2. The second-order valence-corrected chi connectivity index (χ2v) is 7.25. The van der Waals surface area contributed by atoms with Gasteiger partial charge in [0.1, 0.15) is 0 Å². The average Bonchev–Trinajstić information content (AvgIpc) is 3.17. The summed E-state index contributed by atoms with van der Waals surface area (Å²) >= 11 is 0. The van der Waals surface area contributed by atoms with Gasteiger partial charge in [0.05, 0.1) is 5.69 Å². The highest BCUT2D eigenvalue weighted by atomic mass is 15.3. The molecule has 0 saturated carbocycles. The number of benzene rings is 1. The Kier molecular flexibility index (Phi) is 4.95. The van der Waals surface area contributed by atoms with Gasteiger partial charge in [-0.3, -0.25) is 0 Å². The summed E-state index contributed by atoms with van der Waals surface area (Å²) in [4.78, 5) is 2.75. The monoisotopic (exact) mass is 324 g/mol. The maximum atomic E-state index is 4.32. The Morgan fingerprint density at radius 1 is 1.08 bits per heavy atom. The van der Waals surface area contributed by atoms with E-state index in [1.807, 2.05) is 23.1 Å². The number of nitrogens with one attached hydrogen (secondary N) is 1. The highest BCUT2D eigenvalue weighted by Crippen LogP contribution is 2.30. The second-order valence-electron chi connectivity index (χ2n) is 7.25. The van der Waals surface area contributed by atoms with Crippen LogP contribution in [0.3, 0.4) is 0 Å². The molecule has 0 unspecified atom stereocenters. The van der Waals surface area contributed by atoms with E-state index in [9.17, 15) is 0 Å². The van der Waals surface area contributed by atoms with Gasteiger partial charge in [-0.25, -0.2) is 4.68 Å². The Morgan fingerprint density at radius 3 is 2.96 bits per heavy atom. The molecule has 2 aromatic rings. The van der Waals surface area contributed by atoms with Gasteiger partial charge < -0.3 is 10.2 Å². The molecule has 4 heteroatoms. The Labute approximate surface area is 144 Å². The topological polar surface area (TPSA) is 33.1 Å². The molecule has 2 aliphatic rings. The van der Waals surface area contributed by atoms with Crippen LogP contribution in [0.2, 0.25) is 0 Å². The zero-order valence-corrected chi connectivity index (χ0v) is 14.4. The first-order chi connectivity index (χ1) is 11.9. The van der Waals surface area contributed by atoms with Crippen molar-refractivity contribution in [3.8, 4) is 5.69 Å². The molecule has 3 heterocycles. The lowest BCUT2D eigenvalue weighted by molar-refractivity contribution is 0.0593. The van der Waals surface area contributed by atoms with Gasteiger partial charge in [-0.1, -0.05) is 18.6 Å². The van der Waals surface area contributed by atoms with E-state index in [-0.39, 0.29) is 0 Å². The van der Waals surface area contributed by atoms with Gasteiger partial charge in [-0.05, 0) is 75.0 Å². The second kappa shape index (κ2) is 7.49. The summed E-state index contributed by atoms with van der Waals surface area (Å²) in [7, 11) is 0. The Morgan fingerprint density at radius 2 is 2.04 bits per heavy atom. The van der Waals surface area contributed by atoms with E-state index < -0.39 is 0 Å². The molecule has 0 bridgehead atoms. The van der Waals surface area contributed by atoms with Gasteiger partial charge in [0.15, 0.2) is 0 Å². The summed E-state index contributed by atoms with van der Waals surface area (Å²) in [5.74, 6) is 0.827. The lowest BCUT2D eigenvalue weighted by Crippen LogP contribution is -2.50. The van der Waals surface area contributed by atoms with Gasteiger partial charge >= 0.3 is 0 Å². The first-order valence-corrected chi connectivity index (χ1v) is 9.44. The number of hydrogen-bond acceptors (Lipinski definition) is 3. The highest BCUT2D eigenvalue weighted by molar-refractivity contribution is 5.34. The van der Waals surface area contributed by atoms with Crippen LogP contribution in [-0.2, 0) is 6.54 Å². The van der Waals surface area contributed by atoms with Gasteiger partial charge in [0.2, 0.25) is 0 Å². The lowest BCUT2D eigenvalue weighted by Gasteiger charge is -2.44. The van der Waals surface area contributed by atoms with Crippen LogP contribution in [0.25, 0.3) is 5.69 Å². The van der Waals surface area contributed by atoms with Gasteiger partial charge in [-0.2, -0.15) is 5.10 Å². The fourth-order valence-electron chi connectivity index (χ4n) is 4.45. The molecule has 0 aliphatic carbocycles. The van der Waals surface area contributed by atoms with E-state index in [0.29, 0.717) is 0 Å². The predicted molar refractivity (Wildman–Crippen MR) is 97.2 cm³/mol. The molecule has 2 fully saturated rings. The molecule has 128 valence electrons. The minimum absolute atomic E-state index is 0.827. The molecular formula is C20H28N4. The molecule has 1 aromatic heterocycles. The molecule has 0 radical (unpaired) electrons. The molecule has 0 spiro atoms. The van der Waals surface area contributed by atoms with Gasteiger partial charge in [0, 0.05) is 25.0 Å². The van der Waals surface area contributed by atoms with Crippen LogP contribution in [0.1, 0.15) is 37.7 Å². The molecular weight excluding hydrogens is 296 g/mol. The van der Waals surface area contributed by atoms with E-state index in [0.717, 1.165) is 30.7 Å². The zero-order valence-electron chi connectivity index (χ0n) is 14.4. The Balaban J connectivity index is 1.33. The van der Waals surface area contributed by atoms with Crippen molar-refractivity contribution >= 4 is 0 Å². The van der Waals surface area contributed by atoms with Crippen LogP contribution in [0.5, 0.6) is 0 Å². The minimum atomic E-state index is 0.827. The van der Waals surface area contributed by atoms with Crippen molar-refractivity contribution in [1.82, 2.24) is 20.0 Å². The first-order valence-electron chi connectivity index (χ1n) is 9.44. The third kappa shape index (κ3) is 3.55. The normalized spacial score (nSPS) is 24.7. The van der Waals surface area contributed by atoms with Crippen LogP contribution in [0, 0.1) is 5.92 Å². The fourth-order valence-corrected chi connectivity index (χ4v) is 4.45. The molecule has 4 rings (SSSR count). The number of nitrogens with zero attached hydrogens (tertiary/aromatic N) is 3. The standard InChI is InChI=1S/C20H28N4/c1-2-11-23-12-4-7-18(20(23)9-1)16-21-15-17-6-3-8-19(14-17)24-13-5-10-22-24/h3,5-6,8,10,13-14,18,20-21H,1-2,4,7,9,11-12,15-16H2/t18-,20+/m0/s1. The molecule has 2 saturated heterocycles. The third-order valence-electron chi connectivity index (χ3n) is 5.64. The quantitative estimate of drug-likeness (QED) is 0.917. The zero-order chi connectivity index (χ0) is 16.2. The molecule has 1 N–H and O–H groups in total. The summed E-state index contributed by atoms with van der Waals surface area (Å²) < 4.78 is 1.92. The Hall–Kier alpha value is -1.65. The number of hydrogen-bond donors (Lipinski definition) is 1. The molecule has 0 amide bonds. The number of rotatable bonds is 5.